The van der Waals surface area contributed by atoms with Crippen LogP contribution in [0.1, 0.15) is 42.1 Å². The van der Waals surface area contributed by atoms with Gasteiger partial charge in [-0.05, 0) is 23.1 Å². The molecule has 0 saturated carbocycles. The van der Waals surface area contributed by atoms with Crippen molar-refractivity contribution in [1.82, 2.24) is 15.5 Å². The maximum atomic E-state index is 13.4. The Kier molecular flexibility index (Phi) is 7.57. The molecule has 3 aromatic rings. The minimum absolute atomic E-state index is 0.122. The molecular weight excluding hydrogens is 442 g/mol. The minimum atomic E-state index is -1.02. The summed E-state index contributed by atoms with van der Waals surface area (Å²) in [6.07, 6.45) is 0.211. The number of amides is 2. The van der Waals surface area contributed by atoms with Gasteiger partial charge in [-0.15, -0.1) is 0 Å². The smallest absolute Gasteiger partial charge is 0.321 e. The lowest BCUT2D eigenvalue weighted by atomic mass is 9.98. The molecule has 1 fully saturated rings. The summed E-state index contributed by atoms with van der Waals surface area (Å²) in [7, 11) is 0. The highest BCUT2D eigenvalue weighted by Gasteiger charge is 2.46. The van der Waals surface area contributed by atoms with E-state index in [1.165, 1.54) is 6.92 Å². The number of carbonyl (C=O) groups excluding carboxylic acids is 2. The molecule has 0 bridgehead atoms. The van der Waals surface area contributed by atoms with Crippen LogP contribution in [-0.2, 0) is 14.4 Å². The fourth-order valence-corrected chi connectivity index (χ4v) is 4.88. The number of nitrogens with zero attached hydrogens (tertiary/aromatic N) is 1. The van der Waals surface area contributed by atoms with E-state index in [0.717, 1.165) is 16.7 Å². The van der Waals surface area contributed by atoms with Crippen LogP contribution in [0.4, 0.5) is 0 Å². The number of carbonyl (C=O) groups is 3. The molecule has 0 radical (unpaired) electrons. The lowest BCUT2D eigenvalue weighted by molar-refractivity contribution is -0.143. The second kappa shape index (κ2) is 11.0. The Morgan fingerprint density at radius 2 is 1.40 bits per heavy atom. The van der Waals surface area contributed by atoms with Gasteiger partial charge in [-0.3, -0.25) is 19.3 Å². The zero-order chi connectivity index (χ0) is 24.8. The highest BCUT2D eigenvalue weighted by Crippen LogP contribution is 2.36. The number of nitrogens with one attached hydrogen (secondary N) is 2. The van der Waals surface area contributed by atoms with Crippen molar-refractivity contribution in [1.29, 1.82) is 0 Å². The Hall–Kier alpha value is -3.97. The first-order chi connectivity index (χ1) is 16.9. The van der Waals surface area contributed by atoms with Gasteiger partial charge in [0.05, 0.1) is 24.7 Å². The SMILES string of the molecule is CC(=O)N[C@H]1C[C@@H](C(=O)O)N(CC(=O)NC(c2ccccc2)c2ccccc2)[C@H]1c1ccccc1. The quantitative estimate of drug-likeness (QED) is 0.468. The summed E-state index contributed by atoms with van der Waals surface area (Å²) in [6, 6.07) is 26.6. The van der Waals surface area contributed by atoms with E-state index in [-0.39, 0.29) is 30.8 Å². The average molecular weight is 472 g/mol. The molecule has 4 rings (SSSR count). The third-order valence-corrected chi connectivity index (χ3v) is 6.33. The minimum Gasteiger partial charge on any atom is -0.480 e. The van der Waals surface area contributed by atoms with E-state index in [1.54, 1.807) is 4.90 Å². The van der Waals surface area contributed by atoms with Gasteiger partial charge in [-0.25, -0.2) is 0 Å². The number of carboxylic acid groups (broad SMARTS) is 1. The summed E-state index contributed by atoms with van der Waals surface area (Å²) in [5, 5.41) is 16.0. The molecule has 35 heavy (non-hydrogen) atoms. The van der Waals surface area contributed by atoms with Crippen LogP contribution >= 0.6 is 0 Å². The second-order valence-electron chi connectivity index (χ2n) is 8.75. The van der Waals surface area contributed by atoms with Gasteiger partial charge in [0.25, 0.3) is 0 Å². The number of hydrogen-bond acceptors (Lipinski definition) is 4. The molecule has 3 aromatic carbocycles. The van der Waals surface area contributed by atoms with Crippen molar-refractivity contribution in [3.63, 3.8) is 0 Å². The van der Waals surface area contributed by atoms with Gasteiger partial charge in [-0.1, -0.05) is 91.0 Å². The Bertz CT molecular complexity index is 1120. The number of benzene rings is 3. The van der Waals surface area contributed by atoms with Gasteiger partial charge in [-0.2, -0.15) is 0 Å². The van der Waals surface area contributed by atoms with Crippen molar-refractivity contribution in [3.05, 3.63) is 108 Å². The predicted molar refractivity (Wildman–Crippen MR) is 132 cm³/mol. The monoisotopic (exact) mass is 471 g/mol. The van der Waals surface area contributed by atoms with E-state index >= 15 is 0 Å². The first-order valence-corrected chi connectivity index (χ1v) is 11.6. The van der Waals surface area contributed by atoms with E-state index in [4.69, 9.17) is 0 Å². The van der Waals surface area contributed by atoms with E-state index in [0.29, 0.717) is 0 Å². The van der Waals surface area contributed by atoms with Crippen molar-refractivity contribution in [2.24, 2.45) is 0 Å². The Morgan fingerprint density at radius 1 is 0.886 bits per heavy atom. The number of aliphatic carboxylic acids is 1. The zero-order valence-corrected chi connectivity index (χ0v) is 19.5. The van der Waals surface area contributed by atoms with Crippen LogP contribution in [0.3, 0.4) is 0 Å². The second-order valence-corrected chi connectivity index (χ2v) is 8.75. The Morgan fingerprint density at radius 3 is 1.89 bits per heavy atom. The summed E-state index contributed by atoms with van der Waals surface area (Å²) in [5.74, 6) is -1.55. The van der Waals surface area contributed by atoms with Crippen LogP contribution < -0.4 is 10.6 Å². The molecule has 1 aliphatic heterocycles. The van der Waals surface area contributed by atoms with Crippen molar-refractivity contribution in [3.8, 4) is 0 Å². The maximum absolute atomic E-state index is 13.4. The largest absolute Gasteiger partial charge is 0.480 e. The average Bonchev–Trinajstić information content (AvgIpc) is 3.21. The summed E-state index contributed by atoms with van der Waals surface area (Å²) in [5.41, 5.74) is 2.71. The third kappa shape index (κ3) is 5.75. The lowest BCUT2D eigenvalue weighted by Gasteiger charge is -2.31. The van der Waals surface area contributed by atoms with Gasteiger partial charge in [0.2, 0.25) is 11.8 Å². The van der Waals surface area contributed by atoms with Crippen molar-refractivity contribution >= 4 is 17.8 Å². The van der Waals surface area contributed by atoms with Gasteiger partial charge < -0.3 is 15.7 Å². The van der Waals surface area contributed by atoms with Gasteiger partial charge >= 0.3 is 5.97 Å². The van der Waals surface area contributed by atoms with Gasteiger partial charge in [0.1, 0.15) is 6.04 Å². The third-order valence-electron chi connectivity index (χ3n) is 6.33. The van der Waals surface area contributed by atoms with Crippen molar-refractivity contribution in [2.75, 3.05) is 6.54 Å². The molecule has 1 heterocycles. The van der Waals surface area contributed by atoms with Crippen molar-refractivity contribution in [2.45, 2.75) is 37.5 Å². The summed E-state index contributed by atoms with van der Waals surface area (Å²) in [4.78, 5) is 39.1. The molecule has 7 nitrogen and oxygen atoms in total. The molecule has 7 heteroatoms. The predicted octanol–water partition coefficient (Wildman–Crippen LogP) is 3.30. The molecule has 0 aliphatic carbocycles. The van der Waals surface area contributed by atoms with Crippen molar-refractivity contribution < 1.29 is 19.5 Å². The Balaban J connectivity index is 1.62. The van der Waals surface area contributed by atoms with E-state index < -0.39 is 24.1 Å². The molecule has 3 atom stereocenters. The first-order valence-electron chi connectivity index (χ1n) is 11.6. The number of hydrogen-bond donors (Lipinski definition) is 3. The molecule has 2 amide bonds. The number of carboxylic acids is 1. The summed E-state index contributed by atoms with van der Waals surface area (Å²) in [6.45, 7) is 1.29. The lowest BCUT2D eigenvalue weighted by Crippen LogP contribution is -2.46. The Labute approximate surface area is 204 Å². The summed E-state index contributed by atoms with van der Waals surface area (Å²) >= 11 is 0. The number of likely N-dealkylation sites (tertiary alicyclic amines) is 1. The molecule has 0 spiro atoms. The first kappa shape index (κ1) is 24.2. The highest BCUT2D eigenvalue weighted by molar-refractivity contribution is 5.81. The zero-order valence-electron chi connectivity index (χ0n) is 19.5. The molecular formula is C28H29N3O4. The van der Waals surface area contributed by atoms with Crippen LogP contribution in [0, 0.1) is 0 Å². The van der Waals surface area contributed by atoms with Gasteiger partial charge in [0.15, 0.2) is 0 Å². The van der Waals surface area contributed by atoms with Crippen LogP contribution in [0.5, 0.6) is 0 Å². The molecule has 3 N–H and O–H groups in total. The van der Waals surface area contributed by atoms with E-state index in [1.807, 2.05) is 91.0 Å². The van der Waals surface area contributed by atoms with E-state index in [2.05, 4.69) is 10.6 Å². The van der Waals surface area contributed by atoms with Crippen LogP contribution in [-0.4, -0.2) is 46.4 Å². The molecule has 180 valence electrons. The summed E-state index contributed by atoms with van der Waals surface area (Å²) < 4.78 is 0. The highest BCUT2D eigenvalue weighted by atomic mass is 16.4. The molecule has 0 unspecified atom stereocenters. The van der Waals surface area contributed by atoms with Crippen LogP contribution in [0.25, 0.3) is 0 Å². The van der Waals surface area contributed by atoms with Crippen LogP contribution in [0.15, 0.2) is 91.0 Å². The molecule has 1 saturated heterocycles. The van der Waals surface area contributed by atoms with Crippen LogP contribution in [0.2, 0.25) is 0 Å². The maximum Gasteiger partial charge on any atom is 0.321 e. The van der Waals surface area contributed by atoms with Gasteiger partial charge in [0, 0.05) is 6.92 Å². The topological polar surface area (TPSA) is 98.7 Å². The fourth-order valence-electron chi connectivity index (χ4n) is 4.88. The standard InChI is InChI=1S/C28H29N3O4/c1-19(32)29-23-17-24(28(34)35)31(27(23)22-15-9-4-10-16-22)18-25(33)30-26(20-11-5-2-6-12-20)21-13-7-3-8-14-21/h2-16,23-24,26-27H,17-18H2,1H3,(H,29,32)(H,30,33)(H,34,35)/t23-,24-,27-/m0/s1. The normalized spacial score (nSPS) is 19.9. The molecule has 0 aromatic heterocycles. The number of rotatable bonds is 8. The fraction of sp³-hybridized carbons (Fsp3) is 0.250. The van der Waals surface area contributed by atoms with E-state index in [9.17, 15) is 19.5 Å². The molecule has 1 aliphatic rings.